The maximum Gasteiger partial charge on any atom is 0.137 e. The van der Waals surface area contributed by atoms with E-state index in [0.29, 0.717) is 0 Å². The number of hydrogen-bond donors (Lipinski definition) is 0. The molecule has 0 unspecified atom stereocenters. The van der Waals surface area contributed by atoms with Crippen LogP contribution in [0.5, 0.6) is 0 Å². The number of hydrogen-bond acceptors (Lipinski definition) is 3. The minimum atomic E-state index is 0.882. The third-order valence-corrected chi connectivity index (χ3v) is 9.83. The van der Waals surface area contributed by atoms with Gasteiger partial charge in [-0.3, -0.25) is 0 Å². The molecule has 7 aromatic carbocycles. The van der Waals surface area contributed by atoms with Crippen molar-refractivity contribution < 1.29 is 4.42 Å². The highest BCUT2D eigenvalue weighted by Gasteiger charge is 2.20. The van der Waals surface area contributed by atoms with Crippen molar-refractivity contribution in [2.45, 2.75) is 0 Å². The molecular weight excluding hydrogens is 567 g/mol. The summed E-state index contributed by atoms with van der Waals surface area (Å²) in [5.41, 5.74) is 9.91. The van der Waals surface area contributed by atoms with E-state index in [2.05, 4.69) is 157 Å². The quantitative estimate of drug-likeness (QED) is 0.197. The van der Waals surface area contributed by atoms with Gasteiger partial charge in [-0.1, -0.05) is 109 Å². The van der Waals surface area contributed by atoms with Crippen molar-refractivity contribution in [3.05, 3.63) is 164 Å². The molecule has 212 valence electrons. The summed E-state index contributed by atoms with van der Waals surface area (Å²) in [7, 11) is 0. The first-order valence-corrected chi connectivity index (χ1v) is 16.0. The van der Waals surface area contributed by atoms with E-state index in [1.165, 1.54) is 42.4 Å². The molecule has 0 aliphatic rings. The highest BCUT2D eigenvalue weighted by Crippen LogP contribution is 2.44. The second-order valence-electron chi connectivity index (χ2n) is 11.3. The van der Waals surface area contributed by atoms with Crippen molar-refractivity contribution in [1.29, 1.82) is 0 Å². The van der Waals surface area contributed by atoms with Crippen LogP contribution in [0.25, 0.3) is 64.4 Å². The van der Waals surface area contributed by atoms with E-state index in [1.54, 1.807) is 0 Å². The van der Waals surface area contributed by atoms with Crippen LogP contribution in [0.2, 0.25) is 0 Å². The number of anilines is 3. The molecule has 0 atom stereocenters. The Morgan fingerprint density at radius 3 is 1.80 bits per heavy atom. The number of fused-ring (bicyclic) bond motifs is 6. The molecule has 0 N–H and O–H groups in total. The Labute approximate surface area is 265 Å². The van der Waals surface area contributed by atoms with Gasteiger partial charge in [0, 0.05) is 36.9 Å². The fraction of sp³-hybridized carbons (Fsp3) is 0. The summed E-state index contributed by atoms with van der Waals surface area (Å²) >= 11 is 1.86. The van der Waals surface area contributed by atoms with Gasteiger partial charge in [-0.25, -0.2) is 0 Å². The molecule has 9 aromatic rings. The molecule has 0 spiro atoms. The van der Waals surface area contributed by atoms with E-state index >= 15 is 0 Å². The van der Waals surface area contributed by atoms with Crippen LogP contribution in [-0.4, -0.2) is 0 Å². The molecule has 2 nitrogen and oxygen atoms in total. The van der Waals surface area contributed by atoms with Gasteiger partial charge in [-0.2, -0.15) is 0 Å². The normalized spacial score (nSPS) is 11.6. The van der Waals surface area contributed by atoms with E-state index in [1.807, 2.05) is 23.5 Å². The Morgan fingerprint density at radius 2 is 1.00 bits per heavy atom. The monoisotopic (exact) mass is 593 g/mol. The number of para-hydroxylation sites is 1. The fourth-order valence-corrected chi connectivity index (χ4v) is 7.74. The average molecular weight is 594 g/mol. The van der Waals surface area contributed by atoms with Crippen molar-refractivity contribution in [1.82, 2.24) is 0 Å². The second kappa shape index (κ2) is 10.5. The maximum absolute atomic E-state index is 6.31. The lowest BCUT2D eigenvalue weighted by molar-refractivity contribution is 0.669. The van der Waals surface area contributed by atoms with Gasteiger partial charge in [-0.05, 0) is 76.9 Å². The second-order valence-corrected chi connectivity index (χ2v) is 12.4. The lowest BCUT2D eigenvalue weighted by Crippen LogP contribution is -2.10. The zero-order valence-corrected chi connectivity index (χ0v) is 25.2. The van der Waals surface area contributed by atoms with Gasteiger partial charge in [0.1, 0.15) is 11.2 Å². The van der Waals surface area contributed by atoms with Crippen LogP contribution in [0.1, 0.15) is 0 Å². The molecule has 0 bridgehead atoms. The predicted molar refractivity (Wildman–Crippen MR) is 192 cm³/mol. The lowest BCUT2D eigenvalue weighted by Gasteiger charge is -2.26. The van der Waals surface area contributed by atoms with Crippen LogP contribution >= 0.6 is 11.3 Å². The van der Waals surface area contributed by atoms with E-state index in [-0.39, 0.29) is 0 Å². The number of nitrogens with zero attached hydrogens (tertiary/aromatic N) is 1. The van der Waals surface area contributed by atoms with Crippen LogP contribution in [0.15, 0.2) is 168 Å². The standard InChI is InChI=1S/C42H27NOS/c1-2-10-28(11-3-1)29-20-24-31(25-21-29)43(36-15-9-17-38-42(36)34-12-4-6-16-37(34)44-38)32-26-22-30(23-27-32)33-14-8-19-40-41(33)35-13-5-7-18-39(35)45-40/h1-27H. The van der Waals surface area contributed by atoms with Crippen LogP contribution in [0.4, 0.5) is 17.1 Å². The SMILES string of the molecule is c1ccc(-c2ccc(N(c3ccc(-c4cccc5sc6ccccc6c45)cc3)c3cccc4oc5ccccc5c34)cc2)cc1. The maximum atomic E-state index is 6.31. The summed E-state index contributed by atoms with van der Waals surface area (Å²) in [6.45, 7) is 0. The minimum Gasteiger partial charge on any atom is -0.456 e. The first-order chi connectivity index (χ1) is 22.3. The lowest BCUT2D eigenvalue weighted by atomic mass is 9.99. The summed E-state index contributed by atoms with van der Waals surface area (Å²) < 4.78 is 8.95. The molecule has 0 saturated carbocycles. The van der Waals surface area contributed by atoms with Crippen LogP contribution < -0.4 is 4.90 Å². The van der Waals surface area contributed by atoms with Crippen molar-refractivity contribution in [3.63, 3.8) is 0 Å². The molecule has 9 rings (SSSR count). The van der Waals surface area contributed by atoms with Gasteiger partial charge in [0.2, 0.25) is 0 Å². The van der Waals surface area contributed by atoms with Gasteiger partial charge in [0.25, 0.3) is 0 Å². The molecule has 3 heteroatoms. The third kappa shape index (κ3) is 4.32. The molecule has 45 heavy (non-hydrogen) atoms. The Bertz CT molecular complexity index is 2470. The van der Waals surface area contributed by atoms with Crippen LogP contribution in [0, 0.1) is 0 Å². The van der Waals surface area contributed by atoms with Crippen molar-refractivity contribution in [2.75, 3.05) is 4.90 Å². The van der Waals surface area contributed by atoms with E-state index in [0.717, 1.165) is 39.0 Å². The van der Waals surface area contributed by atoms with Crippen LogP contribution in [-0.2, 0) is 0 Å². The Balaban J connectivity index is 1.21. The van der Waals surface area contributed by atoms with Crippen molar-refractivity contribution >= 4 is 70.5 Å². The molecular formula is C42H27NOS. The van der Waals surface area contributed by atoms with Gasteiger partial charge >= 0.3 is 0 Å². The van der Waals surface area contributed by atoms with Crippen molar-refractivity contribution in [2.24, 2.45) is 0 Å². The third-order valence-electron chi connectivity index (χ3n) is 8.69. The van der Waals surface area contributed by atoms with E-state index in [9.17, 15) is 0 Å². The minimum absolute atomic E-state index is 0.882. The highest BCUT2D eigenvalue weighted by molar-refractivity contribution is 7.25. The zero-order valence-electron chi connectivity index (χ0n) is 24.4. The number of benzene rings is 7. The molecule has 0 amide bonds. The van der Waals surface area contributed by atoms with E-state index in [4.69, 9.17) is 4.42 Å². The molecule has 0 radical (unpaired) electrons. The number of furan rings is 1. The van der Waals surface area contributed by atoms with E-state index < -0.39 is 0 Å². The predicted octanol–water partition coefficient (Wildman–Crippen LogP) is 12.8. The van der Waals surface area contributed by atoms with Gasteiger partial charge in [0.05, 0.1) is 11.1 Å². The molecule has 2 aromatic heterocycles. The Morgan fingerprint density at radius 1 is 0.400 bits per heavy atom. The average Bonchev–Trinajstić information content (AvgIpc) is 3.68. The smallest absolute Gasteiger partial charge is 0.137 e. The molecule has 2 heterocycles. The number of rotatable bonds is 5. The Hall–Kier alpha value is -5.64. The molecule has 0 fully saturated rings. The van der Waals surface area contributed by atoms with Crippen molar-refractivity contribution in [3.8, 4) is 22.3 Å². The Kier molecular flexibility index (Phi) is 6.03. The molecule has 0 aliphatic heterocycles. The van der Waals surface area contributed by atoms with Gasteiger partial charge in [-0.15, -0.1) is 11.3 Å². The summed E-state index contributed by atoms with van der Waals surface area (Å²) in [4.78, 5) is 2.35. The summed E-state index contributed by atoms with van der Waals surface area (Å²) in [5, 5.41) is 4.87. The van der Waals surface area contributed by atoms with Gasteiger partial charge in [0.15, 0.2) is 0 Å². The highest BCUT2D eigenvalue weighted by atomic mass is 32.1. The first kappa shape index (κ1) is 25.8. The number of thiophene rings is 1. The summed E-state index contributed by atoms with van der Waals surface area (Å²) in [6, 6.07) is 58.4. The zero-order chi connectivity index (χ0) is 29.7. The molecule has 0 saturated heterocycles. The summed E-state index contributed by atoms with van der Waals surface area (Å²) in [6.07, 6.45) is 0. The molecule has 0 aliphatic carbocycles. The van der Waals surface area contributed by atoms with Crippen LogP contribution in [0.3, 0.4) is 0 Å². The topological polar surface area (TPSA) is 16.4 Å². The summed E-state index contributed by atoms with van der Waals surface area (Å²) in [5.74, 6) is 0. The first-order valence-electron chi connectivity index (χ1n) is 15.2. The fourth-order valence-electron chi connectivity index (χ4n) is 6.61. The largest absolute Gasteiger partial charge is 0.456 e. The van der Waals surface area contributed by atoms with Gasteiger partial charge < -0.3 is 9.32 Å².